The molecular weight excluding hydrogens is 243 g/mol. The van der Waals surface area contributed by atoms with Gasteiger partial charge in [0.2, 0.25) is 0 Å². The molecule has 2 nitrogen and oxygen atoms in total. The fourth-order valence-corrected chi connectivity index (χ4v) is 1.28. The van der Waals surface area contributed by atoms with Crippen molar-refractivity contribution in [1.82, 2.24) is 0 Å². The Labute approximate surface area is 95.2 Å². The highest BCUT2D eigenvalue weighted by molar-refractivity contribution is 6.17. The number of halogens is 4. The Morgan fingerprint density at radius 2 is 2.06 bits per heavy atom. The summed E-state index contributed by atoms with van der Waals surface area (Å²) in [4.78, 5) is 0. The molecule has 0 heterocycles. The lowest BCUT2D eigenvalue weighted by Gasteiger charge is -2.13. The quantitative estimate of drug-likeness (QED) is 0.770. The van der Waals surface area contributed by atoms with Crippen LogP contribution in [0.15, 0.2) is 18.2 Å². The molecule has 86 valence electrons. The Hall–Kier alpha value is -1.41. The zero-order valence-corrected chi connectivity index (χ0v) is 8.77. The molecule has 0 unspecified atom stereocenters. The van der Waals surface area contributed by atoms with Gasteiger partial charge in [-0.05, 0) is 17.7 Å². The van der Waals surface area contributed by atoms with Gasteiger partial charge < -0.3 is 4.74 Å². The van der Waals surface area contributed by atoms with Crippen molar-refractivity contribution in [2.45, 2.75) is 12.1 Å². The van der Waals surface area contributed by atoms with Crippen molar-refractivity contribution >= 4 is 11.6 Å². The van der Waals surface area contributed by atoms with E-state index in [1.807, 2.05) is 0 Å². The van der Waals surface area contributed by atoms with Crippen LogP contribution in [0.5, 0.6) is 5.75 Å². The van der Waals surface area contributed by atoms with Gasteiger partial charge in [-0.1, -0.05) is 6.07 Å². The van der Waals surface area contributed by atoms with Crippen LogP contribution in [0.4, 0.5) is 13.2 Å². The van der Waals surface area contributed by atoms with E-state index in [1.165, 1.54) is 6.07 Å². The van der Waals surface area contributed by atoms with E-state index >= 15 is 0 Å². The van der Waals surface area contributed by atoms with E-state index in [9.17, 15) is 13.2 Å². The molecule has 0 aliphatic carbocycles. The lowest BCUT2D eigenvalue weighted by atomic mass is 10.1. The normalized spacial score (nSPS) is 10.9. The Bertz CT molecular complexity index is 412. The second kappa shape index (κ2) is 5.08. The molecule has 0 N–H and O–H groups in total. The second-order valence-electron chi connectivity index (χ2n) is 2.91. The summed E-state index contributed by atoms with van der Waals surface area (Å²) in [6, 6.07) is 5.11. The van der Waals surface area contributed by atoms with Crippen molar-refractivity contribution in [2.24, 2.45) is 0 Å². The van der Waals surface area contributed by atoms with E-state index < -0.39 is 18.3 Å². The van der Waals surface area contributed by atoms with Crippen LogP contribution in [0, 0.1) is 11.3 Å². The largest absolute Gasteiger partial charge is 0.478 e. The van der Waals surface area contributed by atoms with Gasteiger partial charge in [0.1, 0.15) is 11.8 Å². The maximum atomic E-state index is 12.6. The first-order valence-corrected chi connectivity index (χ1v) is 4.78. The lowest BCUT2D eigenvalue weighted by Crippen LogP contribution is -2.09. The third-order valence-electron chi connectivity index (χ3n) is 1.80. The van der Waals surface area contributed by atoms with Crippen LogP contribution >= 0.6 is 11.6 Å². The summed E-state index contributed by atoms with van der Waals surface area (Å²) in [6.07, 6.45) is -4.52. The number of alkyl halides is 4. The van der Waals surface area contributed by atoms with E-state index in [1.54, 1.807) is 6.07 Å². The number of rotatable bonds is 3. The minimum Gasteiger partial charge on any atom is -0.478 e. The molecule has 0 bridgehead atoms. The van der Waals surface area contributed by atoms with Gasteiger partial charge >= 0.3 is 6.18 Å². The number of benzene rings is 1. The Morgan fingerprint density at radius 1 is 1.38 bits per heavy atom. The molecule has 0 saturated carbocycles. The van der Waals surface area contributed by atoms with Crippen molar-refractivity contribution in [1.29, 1.82) is 5.26 Å². The summed E-state index contributed by atoms with van der Waals surface area (Å²) >= 11 is 5.45. The van der Waals surface area contributed by atoms with Gasteiger partial charge in [0, 0.05) is 5.88 Å². The summed E-state index contributed by atoms with van der Waals surface area (Å²) < 4.78 is 42.4. The molecule has 0 atom stereocenters. The summed E-state index contributed by atoms with van der Waals surface area (Å²) in [5, 5.41) is 8.24. The van der Waals surface area contributed by atoms with Gasteiger partial charge in [-0.25, -0.2) is 0 Å². The molecule has 0 aliphatic rings. The molecule has 0 saturated heterocycles. The highest BCUT2D eigenvalue weighted by Gasteiger charge is 2.34. The topological polar surface area (TPSA) is 33.0 Å². The van der Waals surface area contributed by atoms with Gasteiger partial charge in [0.05, 0.1) is 5.56 Å². The Kier molecular flexibility index (Phi) is 4.02. The molecule has 6 heteroatoms. The minimum absolute atomic E-state index is 0.0123. The van der Waals surface area contributed by atoms with Crippen LogP contribution in [0.3, 0.4) is 0 Å². The average molecular weight is 250 g/mol. The Balaban J connectivity index is 3.12. The van der Waals surface area contributed by atoms with E-state index in [4.69, 9.17) is 16.9 Å². The molecule has 0 amide bonds. The van der Waals surface area contributed by atoms with Crippen LogP contribution in [0.25, 0.3) is 0 Å². The van der Waals surface area contributed by atoms with Crippen molar-refractivity contribution in [3.63, 3.8) is 0 Å². The van der Waals surface area contributed by atoms with Crippen molar-refractivity contribution < 1.29 is 17.9 Å². The summed E-state index contributed by atoms with van der Waals surface area (Å²) in [6.45, 7) is -0.427. The van der Waals surface area contributed by atoms with Crippen LogP contribution in [0.2, 0.25) is 0 Å². The van der Waals surface area contributed by atoms with Crippen molar-refractivity contribution in [3.05, 3.63) is 29.3 Å². The second-order valence-corrected chi connectivity index (χ2v) is 3.18. The standard InChI is InChI=1S/C10H7ClF3NO/c11-6-7-1-2-9(16-4-3-15)8(5-7)10(12,13)14/h1-2,5H,4,6H2. The van der Waals surface area contributed by atoms with Crippen LogP contribution in [-0.2, 0) is 12.1 Å². The van der Waals surface area contributed by atoms with Gasteiger partial charge in [-0.2, -0.15) is 18.4 Å². The first-order valence-electron chi connectivity index (χ1n) is 4.25. The summed E-state index contributed by atoms with van der Waals surface area (Å²) in [5.74, 6) is -0.371. The molecule has 1 aromatic carbocycles. The van der Waals surface area contributed by atoms with Crippen LogP contribution < -0.4 is 4.74 Å². The molecule has 16 heavy (non-hydrogen) atoms. The lowest BCUT2D eigenvalue weighted by molar-refractivity contribution is -0.138. The number of ether oxygens (including phenoxy) is 1. The fourth-order valence-electron chi connectivity index (χ4n) is 1.12. The molecule has 0 aliphatic heterocycles. The third kappa shape index (κ3) is 3.04. The summed E-state index contributed by atoms with van der Waals surface area (Å²) in [5.41, 5.74) is -0.570. The number of nitriles is 1. The molecule has 0 spiro atoms. The van der Waals surface area contributed by atoms with Gasteiger partial charge in [-0.15, -0.1) is 11.6 Å². The molecule has 0 radical (unpaired) electrons. The molecule has 0 aromatic heterocycles. The maximum Gasteiger partial charge on any atom is 0.419 e. The predicted molar refractivity (Wildman–Crippen MR) is 52.1 cm³/mol. The van der Waals surface area contributed by atoms with Gasteiger partial charge in [-0.3, -0.25) is 0 Å². The third-order valence-corrected chi connectivity index (χ3v) is 2.10. The van der Waals surface area contributed by atoms with E-state index in [-0.39, 0.29) is 11.6 Å². The van der Waals surface area contributed by atoms with Crippen LogP contribution in [0.1, 0.15) is 11.1 Å². The van der Waals surface area contributed by atoms with Crippen LogP contribution in [-0.4, -0.2) is 6.61 Å². The van der Waals surface area contributed by atoms with E-state index in [2.05, 4.69) is 4.74 Å². The average Bonchev–Trinajstić information content (AvgIpc) is 2.25. The van der Waals surface area contributed by atoms with Gasteiger partial charge in [0.15, 0.2) is 6.61 Å². The monoisotopic (exact) mass is 249 g/mol. The molecule has 1 aromatic rings. The van der Waals surface area contributed by atoms with Gasteiger partial charge in [0.25, 0.3) is 0 Å². The first-order chi connectivity index (χ1) is 7.49. The maximum absolute atomic E-state index is 12.6. The molecule has 1 rings (SSSR count). The molecule has 0 fully saturated rings. The highest BCUT2D eigenvalue weighted by atomic mass is 35.5. The summed E-state index contributed by atoms with van der Waals surface area (Å²) in [7, 11) is 0. The zero-order valence-electron chi connectivity index (χ0n) is 8.01. The first kappa shape index (κ1) is 12.7. The van der Waals surface area contributed by atoms with Crippen molar-refractivity contribution in [2.75, 3.05) is 6.61 Å². The fraction of sp³-hybridized carbons (Fsp3) is 0.300. The molecular formula is C10H7ClF3NO. The number of hydrogen-bond acceptors (Lipinski definition) is 2. The Morgan fingerprint density at radius 3 is 2.56 bits per heavy atom. The van der Waals surface area contributed by atoms with E-state index in [0.717, 1.165) is 12.1 Å². The zero-order chi connectivity index (χ0) is 12.2. The minimum atomic E-state index is -4.52. The van der Waals surface area contributed by atoms with E-state index in [0.29, 0.717) is 5.56 Å². The SMILES string of the molecule is N#CCOc1ccc(CCl)cc1C(F)(F)F. The number of nitrogens with zero attached hydrogens (tertiary/aromatic N) is 1. The predicted octanol–water partition coefficient (Wildman–Crippen LogP) is 3.35. The highest BCUT2D eigenvalue weighted by Crippen LogP contribution is 2.37. The smallest absolute Gasteiger partial charge is 0.419 e. The van der Waals surface area contributed by atoms with Crippen molar-refractivity contribution in [3.8, 4) is 11.8 Å². The number of hydrogen-bond donors (Lipinski definition) is 0.